The summed E-state index contributed by atoms with van der Waals surface area (Å²) in [7, 11) is 0. The van der Waals surface area contributed by atoms with Crippen molar-refractivity contribution in [1.82, 2.24) is 9.97 Å². The molecule has 1 fully saturated rings. The highest BCUT2D eigenvalue weighted by atomic mass is 15.2. The van der Waals surface area contributed by atoms with Gasteiger partial charge >= 0.3 is 0 Å². The van der Waals surface area contributed by atoms with Gasteiger partial charge in [-0.2, -0.15) is 0 Å². The van der Waals surface area contributed by atoms with Crippen molar-refractivity contribution in [3.05, 3.63) is 11.4 Å². The van der Waals surface area contributed by atoms with Gasteiger partial charge in [0.15, 0.2) is 0 Å². The third kappa shape index (κ3) is 1.84. The number of aromatic nitrogens is 2. The summed E-state index contributed by atoms with van der Waals surface area (Å²) < 4.78 is 0. The fourth-order valence-electron chi connectivity index (χ4n) is 2.45. The van der Waals surface area contributed by atoms with Crippen LogP contribution in [0.3, 0.4) is 0 Å². The highest BCUT2D eigenvalue weighted by Crippen LogP contribution is 2.29. The third-order valence-electron chi connectivity index (χ3n) is 3.39. The molecule has 0 amide bonds. The van der Waals surface area contributed by atoms with Gasteiger partial charge < -0.3 is 10.6 Å². The number of nitrogen functional groups attached to an aromatic ring is 1. The number of rotatable bonds is 2. The first kappa shape index (κ1) is 11.2. The first-order chi connectivity index (χ1) is 7.63. The van der Waals surface area contributed by atoms with E-state index in [0.717, 1.165) is 23.8 Å². The Kier molecular flexibility index (Phi) is 2.99. The van der Waals surface area contributed by atoms with Crippen LogP contribution >= 0.6 is 0 Å². The van der Waals surface area contributed by atoms with Gasteiger partial charge in [-0.05, 0) is 33.1 Å². The van der Waals surface area contributed by atoms with E-state index >= 15 is 0 Å². The molecule has 0 spiro atoms. The topological polar surface area (TPSA) is 55.0 Å². The van der Waals surface area contributed by atoms with Crippen LogP contribution in [-0.2, 0) is 0 Å². The zero-order valence-corrected chi connectivity index (χ0v) is 10.3. The third-order valence-corrected chi connectivity index (χ3v) is 3.39. The highest BCUT2D eigenvalue weighted by Gasteiger charge is 2.26. The van der Waals surface area contributed by atoms with E-state index in [1.807, 2.05) is 13.8 Å². The van der Waals surface area contributed by atoms with Gasteiger partial charge in [0.25, 0.3) is 0 Å². The van der Waals surface area contributed by atoms with Crippen LogP contribution in [0.2, 0.25) is 0 Å². The normalized spacial score (nSPS) is 20.4. The Bertz CT molecular complexity index is 389. The molecule has 1 aliphatic rings. The SMILES string of the molecule is CCC1CCCN1c1nc(C)nc(N)c1C. The van der Waals surface area contributed by atoms with E-state index in [1.54, 1.807) is 0 Å². The lowest BCUT2D eigenvalue weighted by Crippen LogP contribution is -2.30. The Hall–Kier alpha value is -1.32. The molecule has 1 aromatic heterocycles. The predicted octanol–water partition coefficient (Wildman–Crippen LogP) is 2.05. The van der Waals surface area contributed by atoms with Gasteiger partial charge in [0.05, 0.1) is 0 Å². The molecule has 0 aliphatic carbocycles. The van der Waals surface area contributed by atoms with Gasteiger partial charge in [0.1, 0.15) is 17.5 Å². The molecule has 0 aromatic carbocycles. The molecule has 2 N–H and O–H groups in total. The van der Waals surface area contributed by atoms with E-state index in [9.17, 15) is 0 Å². The van der Waals surface area contributed by atoms with Crippen LogP contribution in [0.25, 0.3) is 0 Å². The maximum absolute atomic E-state index is 5.90. The molecule has 1 aromatic rings. The molecule has 1 aliphatic heterocycles. The molecule has 88 valence electrons. The second-order valence-electron chi connectivity index (χ2n) is 4.50. The van der Waals surface area contributed by atoms with Crippen LogP contribution in [0.15, 0.2) is 0 Å². The quantitative estimate of drug-likeness (QED) is 0.828. The minimum absolute atomic E-state index is 0.615. The zero-order valence-electron chi connectivity index (χ0n) is 10.3. The molecule has 0 radical (unpaired) electrons. The Morgan fingerprint density at radius 1 is 1.38 bits per heavy atom. The van der Waals surface area contributed by atoms with Crippen molar-refractivity contribution in [1.29, 1.82) is 0 Å². The van der Waals surface area contributed by atoms with Crippen molar-refractivity contribution in [3.63, 3.8) is 0 Å². The lowest BCUT2D eigenvalue weighted by atomic mass is 10.1. The summed E-state index contributed by atoms with van der Waals surface area (Å²) in [6, 6.07) is 0.618. The fourth-order valence-corrected chi connectivity index (χ4v) is 2.45. The standard InChI is InChI=1S/C12H20N4/c1-4-10-6-5-7-16(10)12-8(2)11(13)14-9(3)15-12/h10H,4-7H2,1-3H3,(H2,13,14,15). The number of nitrogens with two attached hydrogens (primary N) is 1. The number of anilines is 2. The summed E-state index contributed by atoms with van der Waals surface area (Å²) in [5.41, 5.74) is 6.92. The second kappa shape index (κ2) is 4.28. The van der Waals surface area contributed by atoms with Crippen molar-refractivity contribution >= 4 is 11.6 Å². The smallest absolute Gasteiger partial charge is 0.137 e. The average molecular weight is 220 g/mol. The highest BCUT2D eigenvalue weighted by molar-refractivity contribution is 5.57. The van der Waals surface area contributed by atoms with E-state index in [0.29, 0.717) is 11.9 Å². The summed E-state index contributed by atoms with van der Waals surface area (Å²) in [4.78, 5) is 11.1. The first-order valence-corrected chi connectivity index (χ1v) is 6.00. The van der Waals surface area contributed by atoms with Gasteiger partial charge in [0, 0.05) is 18.2 Å². The van der Waals surface area contributed by atoms with Gasteiger partial charge in [-0.15, -0.1) is 0 Å². The molecular weight excluding hydrogens is 200 g/mol. The maximum Gasteiger partial charge on any atom is 0.137 e. The largest absolute Gasteiger partial charge is 0.383 e. The minimum atomic E-state index is 0.615. The molecule has 2 rings (SSSR count). The minimum Gasteiger partial charge on any atom is -0.383 e. The molecule has 0 saturated carbocycles. The van der Waals surface area contributed by atoms with E-state index < -0.39 is 0 Å². The van der Waals surface area contributed by atoms with Gasteiger partial charge in [-0.25, -0.2) is 9.97 Å². The predicted molar refractivity (Wildman–Crippen MR) is 66.6 cm³/mol. The monoisotopic (exact) mass is 220 g/mol. The van der Waals surface area contributed by atoms with Crippen molar-refractivity contribution in [3.8, 4) is 0 Å². The van der Waals surface area contributed by atoms with E-state index in [1.165, 1.54) is 19.3 Å². The average Bonchev–Trinajstić information content (AvgIpc) is 2.71. The fraction of sp³-hybridized carbons (Fsp3) is 0.667. The molecule has 4 heteroatoms. The molecule has 2 heterocycles. The second-order valence-corrected chi connectivity index (χ2v) is 4.50. The van der Waals surface area contributed by atoms with Crippen LogP contribution in [0.4, 0.5) is 11.6 Å². The van der Waals surface area contributed by atoms with Crippen LogP contribution in [-0.4, -0.2) is 22.6 Å². The lowest BCUT2D eigenvalue weighted by molar-refractivity contribution is 0.638. The Balaban J connectivity index is 2.39. The number of nitrogens with zero attached hydrogens (tertiary/aromatic N) is 3. The van der Waals surface area contributed by atoms with E-state index in [2.05, 4.69) is 21.8 Å². The van der Waals surface area contributed by atoms with E-state index in [4.69, 9.17) is 5.73 Å². The summed E-state index contributed by atoms with van der Waals surface area (Å²) in [5.74, 6) is 2.42. The molecule has 16 heavy (non-hydrogen) atoms. The Morgan fingerprint density at radius 2 is 2.12 bits per heavy atom. The first-order valence-electron chi connectivity index (χ1n) is 6.00. The van der Waals surface area contributed by atoms with Crippen molar-refractivity contribution < 1.29 is 0 Å². The maximum atomic E-state index is 5.90. The molecule has 1 unspecified atom stereocenters. The van der Waals surface area contributed by atoms with Crippen LogP contribution in [0.1, 0.15) is 37.6 Å². The van der Waals surface area contributed by atoms with Crippen molar-refractivity contribution in [2.24, 2.45) is 0 Å². The van der Waals surface area contributed by atoms with Gasteiger partial charge in [-0.3, -0.25) is 0 Å². The number of hydrogen-bond acceptors (Lipinski definition) is 4. The molecule has 1 saturated heterocycles. The Labute approximate surface area is 96.9 Å². The van der Waals surface area contributed by atoms with Gasteiger partial charge in [-0.1, -0.05) is 6.92 Å². The Morgan fingerprint density at radius 3 is 2.81 bits per heavy atom. The molecule has 4 nitrogen and oxygen atoms in total. The lowest BCUT2D eigenvalue weighted by Gasteiger charge is -2.26. The molecule has 0 bridgehead atoms. The summed E-state index contributed by atoms with van der Waals surface area (Å²) in [6.45, 7) is 7.23. The van der Waals surface area contributed by atoms with Gasteiger partial charge in [0.2, 0.25) is 0 Å². The zero-order chi connectivity index (χ0) is 11.7. The van der Waals surface area contributed by atoms with E-state index in [-0.39, 0.29) is 0 Å². The summed E-state index contributed by atoms with van der Waals surface area (Å²) in [6.07, 6.45) is 3.68. The van der Waals surface area contributed by atoms with Crippen molar-refractivity contribution in [2.45, 2.75) is 46.1 Å². The molecule has 1 atom stereocenters. The van der Waals surface area contributed by atoms with Crippen LogP contribution < -0.4 is 10.6 Å². The summed E-state index contributed by atoms with van der Waals surface area (Å²) >= 11 is 0. The molecular formula is C12H20N4. The number of hydrogen-bond donors (Lipinski definition) is 1. The summed E-state index contributed by atoms with van der Waals surface area (Å²) in [5, 5.41) is 0. The number of aryl methyl sites for hydroxylation is 1. The van der Waals surface area contributed by atoms with Crippen LogP contribution in [0.5, 0.6) is 0 Å². The van der Waals surface area contributed by atoms with Crippen molar-refractivity contribution in [2.75, 3.05) is 17.2 Å². The van der Waals surface area contributed by atoms with Crippen LogP contribution in [0, 0.1) is 13.8 Å².